The van der Waals surface area contributed by atoms with E-state index in [0.29, 0.717) is 16.9 Å². The summed E-state index contributed by atoms with van der Waals surface area (Å²) in [5.41, 5.74) is 12.4. The number of benzene rings is 1. The number of hydrogen-bond acceptors (Lipinski definition) is 5. The molecule has 6 heteroatoms. The van der Waals surface area contributed by atoms with Crippen LogP contribution in [-0.2, 0) is 9.53 Å². The molecular weight excluding hydrogens is 258 g/mol. The Balaban J connectivity index is 3.26. The van der Waals surface area contributed by atoms with Gasteiger partial charge in [0, 0.05) is 11.7 Å². The number of ether oxygens (including phenoxy) is 1. The van der Waals surface area contributed by atoms with Gasteiger partial charge in [0.15, 0.2) is 0 Å². The van der Waals surface area contributed by atoms with E-state index >= 15 is 0 Å². The summed E-state index contributed by atoms with van der Waals surface area (Å²) in [6.45, 7) is 5.84. The van der Waals surface area contributed by atoms with Gasteiger partial charge in [-0.2, -0.15) is 0 Å². The van der Waals surface area contributed by atoms with Crippen LogP contribution in [0.1, 0.15) is 31.1 Å². The Morgan fingerprint density at radius 2 is 2.00 bits per heavy atom. The molecule has 0 aromatic heterocycles. The Bertz CT molecular complexity index is 500. The van der Waals surface area contributed by atoms with Crippen LogP contribution < -0.4 is 16.4 Å². The van der Waals surface area contributed by atoms with Gasteiger partial charge >= 0.3 is 5.97 Å². The van der Waals surface area contributed by atoms with Crippen molar-refractivity contribution in [2.24, 2.45) is 5.73 Å². The van der Waals surface area contributed by atoms with Gasteiger partial charge in [-0.25, -0.2) is 4.79 Å². The Morgan fingerprint density at radius 1 is 1.35 bits per heavy atom. The molecule has 0 fully saturated rings. The van der Waals surface area contributed by atoms with E-state index in [0.717, 1.165) is 0 Å². The normalized spacial score (nSPS) is 10.4. The van der Waals surface area contributed by atoms with Crippen LogP contribution in [0.5, 0.6) is 0 Å². The number of amides is 1. The number of nitrogen functional groups attached to an aromatic ring is 1. The predicted molar refractivity (Wildman–Crippen MR) is 78.5 cm³/mol. The molecular formula is C14H21N3O3. The van der Waals surface area contributed by atoms with Crippen LogP contribution in [0.15, 0.2) is 18.2 Å². The highest BCUT2D eigenvalue weighted by molar-refractivity contribution is 5.97. The van der Waals surface area contributed by atoms with Crippen LogP contribution in [0.3, 0.4) is 0 Å². The molecule has 0 aliphatic carbocycles. The second-order valence-corrected chi connectivity index (χ2v) is 4.69. The van der Waals surface area contributed by atoms with Crippen LogP contribution >= 0.6 is 0 Å². The lowest BCUT2D eigenvalue weighted by Gasteiger charge is -2.29. The Morgan fingerprint density at radius 3 is 2.50 bits per heavy atom. The lowest BCUT2D eigenvalue weighted by Crippen LogP contribution is -2.39. The van der Waals surface area contributed by atoms with E-state index in [-0.39, 0.29) is 19.2 Å². The number of hydrogen-bond donors (Lipinski definition) is 2. The number of carbonyl (C=O) groups is 2. The molecule has 0 saturated carbocycles. The topological polar surface area (TPSA) is 98.7 Å². The van der Waals surface area contributed by atoms with Crippen LogP contribution in [0.2, 0.25) is 0 Å². The zero-order valence-corrected chi connectivity index (χ0v) is 12.1. The van der Waals surface area contributed by atoms with Crippen molar-refractivity contribution in [3.05, 3.63) is 23.8 Å². The molecule has 0 bridgehead atoms. The fourth-order valence-electron chi connectivity index (χ4n) is 1.89. The Hall–Kier alpha value is -2.24. The van der Waals surface area contributed by atoms with Crippen molar-refractivity contribution in [1.29, 1.82) is 0 Å². The van der Waals surface area contributed by atoms with Crippen molar-refractivity contribution in [3.8, 4) is 0 Å². The largest absolute Gasteiger partial charge is 0.462 e. The number of carbonyl (C=O) groups excluding carboxylic acids is 2. The van der Waals surface area contributed by atoms with Gasteiger partial charge in [0.25, 0.3) is 0 Å². The Kier molecular flexibility index (Phi) is 5.37. The van der Waals surface area contributed by atoms with Gasteiger partial charge < -0.3 is 21.1 Å². The summed E-state index contributed by atoms with van der Waals surface area (Å²) < 4.78 is 5.02. The van der Waals surface area contributed by atoms with Gasteiger partial charge in [-0.1, -0.05) is 0 Å². The third-order valence-corrected chi connectivity index (χ3v) is 2.77. The number of esters is 1. The minimum absolute atomic E-state index is 0.000647. The smallest absolute Gasteiger partial charge is 0.340 e. The van der Waals surface area contributed by atoms with Crippen LogP contribution in [0.4, 0.5) is 11.4 Å². The molecule has 6 nitrogen and oxygen atoms in total. The first kappa shape index (κ1) is 15.8. The van der Waals surface area contributed by atoms with Crippen LogP contribution in [-0.4, -0.2) is 31.1 Å². The molecule has 0 spiro atoms. The molecule has 1 aromatic rings. The van der Waals surface area contributed by atoms with Gasteiger partial charge in [-0.3, -0.25) is 4.79 Å². The zero-order valence-electron chi connectivity index (χ0n) is 12.1. The standard InChI is InChI=1S/C14H21N3O3/c1-4-20-14(19)11-7-10(15)5-6-12(11)17(9(2)3)8-13(16)18/h5-7,9H,4,8,15H2,1-3H3,(H2,16,18). The molecule has 4 N–H and O–H groups in total. The molecule has 0 saturated heterocycles. The zero-order chi connectivity index (χ0) is 15.3. The van der Waals surface area contributed by atoms with Crippen molar-refractivity contribution in [2.45, 2.75) is 26.8 Å². The SMILES string of the molecule is CCOC(=O)c1cc(N)ccc1N(CC(N)=O)C(C)C. The van der Waals surface area contributed by atoms with Crippen LogP contribution in [0, 0.1) is 0 Å². The van der Waals surface area contributed by atoms with E-state index in [1.54, 1.807) is 30.0 Å². The summed E-state index contributed by atoms with van der Waals surface area (Å²) in [6, 6.07) is 4.92. The minimum Gasteiger partial charge on any atom is -0.462 e. The van der Waals surface area contributed by atoms with E-state index in [4.69, 9.17) is 16.2 Å². The highest BCUT2D eigenvalue weighted by Gasteiger charge is 2.21. The number of anilines is 2. The first-order valence-corrected chi connectivity index (χ1v) is 6.48. The molecule has 0 radical (unpaired) electrons. The maximum atomic E-state index is 12.0. The van der Waals surface area contributed by atoms with Crippen molar-refractivity contribution < 1.29 is 14.3 Å². The van der Waals surface area contributed by atoms with E-state index in [1.807, 2.05) is 13.8 Å². The van der Waals surface area contributed by atoms with E-state index in [1.165, 1.54) is 0 Å². The molecule has 0 heterocycles. The first-order chi connectivity index (χ1) is 9.36. The average Bonchev–Trinajstić information content (AvgIpc) is 2.36. The van der Waals surface area contributed by atoms with E-state index in [2.05, 4.69) is 0 Å². The van der Waals surface area contributed by atoms with E-state index in [9.17, 15) is 9.59 Å². The Labute approximate surface area is 118 Å². The summed E-state index contributed by atoms with van der Waals surface area (Å²) in [5.74, 6) is -0.935. The number of primary amides is 1. The van der Waals surface area contributed by atoms with Gasteiger partial charge in [-0.15, -0.1) is 0 Å². The van der Waals surface area contributed by atoms with Crippen LogP contribution in [0.25, 0.3) is 0 Å². The summed E-state index contributed by atoms with van der Waals surface area (Å²) in [6.07, 6.45) is 0. The van der Waals surface area contributed by atoms with Crippen molar-refractivity contribution in [3.63, 3.8) is 0 Å². The molecule has 20 heavy (non-hydrogen) atoms. The summed E-state index contributed by atoms with van der Waals surface area (Å²) in [7, 11) is 0. The van der Waals surface area contributed by atoms with Crippen molar-refractivity contribution in [2.75, 3.05) is 23.8 Å². The average molecular weight is 279 g/mol. The number of rotatable bonds is 6. The predicted octanol–water partition coefficient (Wildman–Crippen LogP) is 1.15. The monoisotopic (exact) mass is 279 g/mol. The molecule has 1 aromatic carbocycles. The quantitative estimate of drug-likeness (QED) is 0.601. The number of nitrogens with zero attached hydrogens (tertiary/aromatic N) is 1. The second-order valence-electron chi connectivity index (χ2n) is 4.69. The highest BCUT2D eigenvalue weighted by atomic mass is 16.5. The lowest BCUT2D eigenvalue weighted by atomic mass is 10.1. The summed E-state index contributed by atoms with van der Waals surface area (Å²) in [5, 5.41) is 0. The van der Waals surface area contributed by atoms with Gasteiger partial charge in [-0.05, 0) is 39.0 Å². The molecule has 0 aliphatic rings. The maximum absolute atomic E-state index is 12.0. The molecule has 0 atom stereocenters. The number of nitrogens with two attached hydrogens (primary N) is 2. The van der Waals surface area contributed by atoms with Gasteiger partial charge in [0.05, 0.1) is 24.4 Å². The summed E-state index contributed by atoms with van der Waals surface area (Å²) in [4.78, 5) is 25.0. The van der Waals surface area contributed by atoms with Crippen molar-refractivity contribution >= 4 is 23.3 Å². The minimum atomic E-state index is -0.468. The molecule has 1 amide bonds. The maximum Gasteiger partial charge on any atom is 0.340 e. The third kappa shape index (κ3) is 3.88. The fraction of sp³-hybridized carbons (Fsp3) is 0.429. The fourth-order valence-corrected chi connectivity index (χ4v) is 1.89. The first-order valence-electron chi connectivity index (χ1n) is 6.48. The molecule has 1 rings (SSSR count). The van der Waals surface area contributed by atoms with Crippen molar-refractivity contribution in [1.82, 2.24) is 0 Å². The van der Waals surface area contributed by atoms with Gasteiger partial charge in [0.2, 0.25) is 5.91 Å². The van der Waals surface area contributed by atoms with E-state index < -0.39 is 11.9 Å². The van der Waals surface area contributed by atoms with Gasteiger partial charge in [0.1, 0.15) is 0 Å². The second kappa shape index (κ2) is 6.79. The third-order valence-electron chi connectivity index (χ3n) is 2.77. The molecule has 110 valence electrons. The highest BCUT2D eigenvalue weighted by Crippen LogP contribution is 2.25. The molecule has 0 unspecified atom stereocenters. The molecule has 0 aliphatic heterocycles. The summed E-state index contributed by atoms with van der Waals surface area (Å²) >= 11 is 0. The lowest BCUT2D eigenvalue weighted by molar-refractivity contribution is -0.116.